The van der Waals surface area contributed by atoms with E-state index < -0.39 is 0 Å². The van der Waals surface area contributed by atoms with Gasteiger partial charge in [-0.1, -0.05) is 109 Å². The first-order valence-corrected chi connectivity index (χ1v) is 11.5. The molecule has 0 N–H and O–H groups in total. The average molecular weight is 437 g/mol. The van der Waals surface area contributed by atoms with Crippen LogP contribution in [0.5, 0.6) is 0 Å². The fraction of sp³-hybridized carbons (Fsp3) is 0. The second-order valence-corrected chi connectivity index (χ2v) is 8.49. The number of fused-ring (bicyclic) bond motifs is 4. The van der Waals surface area contributed by atoms with E-state index in [2.05, 4.69) is 91.0 Å². The second-order valence-electron chi connectivity index (χ2n) is 8.49. The van der Waals surface area contributed by atoms with Gasteiger partial charge in [-0.25, -0.2) is 0 Å². The van der Waals surface area contributed by atoms with E-state index >= 15 is 0 Å². The number of para-hydroxylation sites is 1. The minimum absolute atomic E-state index is 0.866. The van der Waals surface area contributed by atoms with Gasteiger partial charge >= 0.3 is 0 Å². The number of hydrogen-bond donors (Lipinski definition) is 0. The SMILES string of the molecule is c1ccc(-c2ccccc2-c2oc(-c3cccc4oc5ccccc5c34)c3ccccc23)cc1. The predicted molar refractivity (Wildman–Crippen MR) is 140 cm³/mol. The third-order valence-corrected chi connectivity index (χ3v) is 6.52. The van der Waals surface area contributed by atoms with E-state index in [1.54, 1.807) is 0 Å². The Hall–Kier alpha value is -4.56. The number of furan rings is 2. The van der Waals surface area contributed by atoms with Crippen LogP contribution >= 0.6 is 0 Å². The summed E-state index contributed by atoms with van der Waals surface area (Å²) < 4.78 is 12.9. The topological polar surface area (TPSA) is 26.3 Å². The lowest BCUT2D eigenvalue weighted by Gasteiger charge is -2.08. The fourth-order valence-electron chi connectivity index (χ4n) is 5.01. The van der Waals surface area contributed by atoms with Crippen LogP contribution < -0.4 is 0 Å². The van der Waals surface area contributed by atoms with E-state index in [1.807, 2.05) is 30.3 Å². The van der Waals surface area contributed by atoms with Crippen LogP contribution in [0.3, 0.4) is 0 Å². The molecule has 160 valence electrons. The fourth-order valence-corrected chi connectivity index (χ4v) is 5.01. The van der Waals surface area contributed by atoms with Crippen molar-refractivity contribution in [2.24, 2.45) is 0 Å². The van der Waals surface area contributed by atoms with Crippen LogP contribution in [0.15, 0.2) is 130 Å². The molecule has 0 fully saturated rings. The molecule has 2 aromatic heterocycles. The summed E-state index contributed by atoms with van der Waals surface area (Å²) in [6, 6.07) is 41.7. The highest BCUT2D eigenvalue weighted by Crippen LogP contribution is 2.45. The zero-order valence-electron chi connectivity index (χ0n) is 18.4. The first-order valence-electron chi connectivity index (χ1n) is 11.5. The number of hydrogen-bond acceptors (Lipinski definition) is 2. The van der Waals surface area contributed by atoms with Crippen molar-refractivity contribution >= 4 is 32.7 Å². The summed E-state index contributed by atoms with van der Waals surface area (Å²) in [5.74, 6) is 1.75. The number of rotatable bonds is 3. The maximum atomic E-state index is 6.78. The molecule has 34 heavy (non-hydrogen) atoms. The van der Waals surface area contributed by atoms with Gasteiger partial charge in [-0.15, -0.1) is 0 Å². The van der Waals surface area contributed by atoms with Crippen LogP contribution in [0.25, 0.3) is 66.5 Å². The summed E-state index contributed by atoms with van der Waals surface area (Å²) in [6.07, 6.45) is 0. The molecule has 0 spiro atoms. The first kappa shape index (κ1) is 19.0. The summed E-state index contributed by atoms with van der Waals surface area (Å²) in [5, 5.41) is 4.38. The standard InChI is InChI=1S/C32H20O2/c1-2-11-21(12-3-1)22-13-4-5-14-23(22)31-24-15-6-7-16-25(24)32(34-31)27-18-10-20-29-30(27)26-17-8-9-19-28(26)33-29/h1-20H. The van der Waals surface area contributed by atoms with Crippen molar-refractivity contribution < 1.29 is 8.83 Å². The summed E-state index contributed by atoms with van der Waals surface area (Å²) >= 11 is 0. The van der Waals surface area contributed by atoms with Crippen molar-refractivity contribution in [1.29, 1.82) is 0 Å². The third kappa shape index (κ3) is 2.82. The monoisotopic (exact) mass is 436 g/mol. The maximum absolute atomic E-state index is 6.78. The molecule has 0 saturated heterocycles. The van der Waals surface area contributed by atoms with Crippen molar-refractivity contribution in [2.75, 3.05) is 0 Å². The molecule has 2 heterocycles. The van der Waals surface area contributed by atoms with Gasteiger partial charge in [0.25, 0.3) is 0 Å². The predicted octanol–water partition coefficient (Wildman–Crippen LogP) is 9.33. The maximum Gasteiger partial charge on any atom is 0.143 e. The Labute approximate surface area is 196 Å². The van der Waals surface area contributed by atoms with E-state index in [-0.39, 0.29) is 0 Å². The Morgan fingerprint density at radius 3 is 1.71 bits per heavy atom. The average Bonchev–Trinajstić information content (AvgIpc) is 3.48. The van der Waals surface area contributed by atoms with Gasteiger partial charge in [0.2, 0.25) is 0 Å². The molecule has 0 aliphatic heterocycles. The van der Waals surface area contributed by atoms with E-state index in [0.717, 1.165) is 60.9 Å². The van der Waals surface area contributed by atoms with E-state index in [4.69, 9.17) is 8.83 Å². The summed E-state index contributed by atoms with van der Waals surface area (Å²) in [4.78, 5) is 0. The molecule has 0 bridgehead atoms. The van der Waals surface area contributed by atoms with Gasteiger partial charge in [0.15, 0.2) is 0 Å². The smallest absolute Gasteiger partial charge is 0.143 e. The lowest BCUT2D eigenvalue weighted by molar-refractivity contribution is 0.602. The van der Waals surface area contributed by atoms with Crippen molar-refractivity contribution in [1.82, 2.24) is 0 Å². The Morgan fingerprint density at radius 1 is 0.353 bits per heavy atom. The van der Waals surface area contributed by atoms with Crippen molar-refractivity contribution in [3.8, 4) is 33.8 Å². The molecule has 2 nitrogen and oxygen atoms in total. The summed E-state index contributed by atoms with van der Waals surface area (Å²) in [5.41, 5.74) is 6.20. The zero-order chi connectivity index (χ0) is 22.5. The van der Waals surface area contributed by atoms with Gasteiger partial charge in [-0.05, 0) is 23.3 Å². The summed E-state index contributed by atoms with van der Waals surface area (Å²) in [7, 11) is 0. The molecular weight excluding hydrogens is 416 g/mol. The van der Waals surface area contributed by atoms with Gasteiger partial charge in [0, 0.05) is 32.7 Å². The molecule has 2 heteroatoms. The molecule has 0 radical (unpaired) electrons. The van der Waals surface area contributed by atoms with Gasteiger partial charge in [-0.2, -0.15) is 0 Å². The molecule has 0 saturated carbocycles. The van der Waals surface area contributed by atoms with Crippen molar-refractivity contribution in [3.63, 3.8) is 0 Å². The Kier molecular flexibility index (Phi) is 4.18. The zero-order valence-corrected chi connectivity index (χ0v) is 18.4. The molecule has 0 amide bonds. The third-order valence-electron chi connectivity index (χ3n) is 6.52. The minimum Gasteiger partial charge on any atom is -0.456 e. The highest BCUT2D eigenvalue weighted by Gasteiger charge is 2.21. The van der Waals surface area contributed by atoms with E-state index in [9.17, 15) is 0 Å². The highest BCUT2D eigenvalue weighted by molar-refractivity contribution is 6.15. The second kappa shape index (κ2) is 7.50. The van der Waals surface area contributed by atoms with Crippen LogP contribution in [0.4, 0.5) is 0 Å². The van der Waals surface area contributed by atoms with Crippen molar-refractivity contribution in [2.45, 2.75) is 0 Å². The number of benzene rings is 5. The molecule has 7 aromatic rings. The molecule has 0 aliphatic rings. The van der Waals surface area contributed by atoms with Gasteiger partial charge in [0.1, 0.15) is 22.7 Å². The van der Waals surface area contributed by atoms with E-state index in [1.165, 1.54) is 5.56 Å². The lowest BCUT2D eigenvalue weighted by atomic mass is 9.96. The minimum atomic E-state index is 0.866. The van der Waals surface area contributed by atoms with Crippen LogP contribution in [0.1, 0.15) is 0 Å². The molecule has 0 unspecified atom stereocenters. The largest absolute Gasteiger partial charge is 0.456 e. The Morgan fingerprint density at radius 2 is 0.912 bits per heavy atom. The van der Waals surface area contributed by atoms with Crippen molar-refractivity contribution in [3.05, 3.63) is 121 Å². The van der Waals surface area contributed by atoms with Crippen LogP contribution in [-0.4, -0.2) is 0 Å². The van der Waals surface area contributed by atoms with Crippen LogP contribution in [0.2, 0.25) is 0 Å². The van der Waals surface area contributed by atoms with Crippen LogP contribution in [-0.2, 0) is 0 Å². The Bertz CT molecular complexity index is 1800. The van der Waals surface area contributed by atoms with Gasteiger partial charge < -0.3 is 8.83 Å². The Balaban J connectivity index is 1.54. The molecule has 5 aromatic carbocycles. The molecular formula is C32H20O2. The lowest BCUT2D eigenvalue weighted by Crippen LogP contribution is -1.83. The normalized spacial score (nSPS) is 11.5. The van der Waals surface area contributed by atoms with Gasteiger partial charge in [-0.3, -0.25) is 0 Å². The highest BCUT2D eigenvalue weighted by atomic mass is 16.3. The van der Waals surface area contributed by atoms with Crippen LogP contribution in [0, 0.1) is 0 Å². The first-order chi connectivity index (χ1) is 16.9. The molecule has 0 atom stereocenters. The van der Waals surface area contributed by atoms with E-state index in [0.29, 0.717) is 0 Å². The summed E-state index contributed by atoms with van der Waals surface area (Å²) in [6.45, 7) is 0. The molecule has 7 rings (SSSR count). The quantitative estimate of drug-likeness (QED) is 0.276. The van der Waals surface area contributed by atoms with Gasteiger partial charge in [0.05, 0.1) is 0 Å². The molecule has 0 aliphatic carbocycles.